The Kier molecular flexibility index (Phi) is 3.27. The molecule has 0 atom stereocenters. The summed E-state index contributed by atoms with van der Waals surface area (Å²) in [6.45, 7) is 0. The van der Waals surface area contributed by atoms with Crippen LogP contribution in [0.1, 0.15) is 24.0 Å². The van der Waals surface area contributed by atoms with Crippen molar-refractivity contribution in [3.05, 3.63) is 83.0 Å². The van der Waals surface area contributed by atoms with Crippen molar-refractivity contribution < 1.29 is 0 Å². The molecule has 0 fully saturated rings. The number of hydrogen-bond donors (Lipinski definition) is 0. The molecule has 0 aromatic heterocycles. The average Bonchev–Trinajstić information content (AvgIpc) is 3.05. The van der Waals surface area contributed by atoms with Crippen LogP contribution in [-0.2, 0) is 12.8 Å². The number of benzene rings is 1. The summed E-state index contributed by atoms with van der Waals surface area (Å²) in [6.07, 6.45) is 17.7. The van der Waals surface area contributed by atoms with Gasteiger partial charge in [0.25, 0.3) is 0 Å². The molecule has 0 saturated heterocycles. The lowest BCUT2D eigenvalue weighted by molar-refractivity contribution is 1.06. The molecule has 1 aromatic rings. The van der Waals surface area contributed by atoms with Crippen LogP contribution in [0.3, 0.4) is 0 Å². The van der Waals surface area contributed by atoms with Gasteiger partial charge in [0, 0.05) is 0 Å². The molecule has 0 heteroatoms. The predicted molar refractivity (Wildman–Crippen MR) is 77.5 cm³/mol. The zero-order valence-corrected chi connectivity index (χ0v) is 10.6. The molecule has 0 nitrogen and oxygen atoms in total. The van der Waals surface area contributed by atoms with Crippen LogP contribution in [0.15, 0.2) is 71.9 Å². The third kappa shape index (κ3) is 2.70. The molecule has 0 N–H and O–H groups in total. The van der Waals surface area contributed by atoms with Crippen molar-refractivity contribution >= 4 is 0 Å². The summed E-state index contributed by atoms with van der Waals surface area (Å²) in [5, 5.41) is 0. The fourth-order valence-corrected chi connectivity index (χ4v) is 2.54. The Balaban J connectivity index is 1.61. The Hall–Kier alpha value is -1.82. The van der Waals surface area contributed by atoms with Crippen LogP contribution in [0.4, 0.5) is 0 Å². The van der Waals surface area contributed by atoms with Crippen LogP contribution in [0, 0.1) is 0 Å². The minimum atomic E-state index is 1.09. The summed E-state index contributed by atoms with van der Waals surface area (Å²) in [7, 11) is 0. The summed E-state index contributed by atoms with van der Waals surface area (Å²) in [5.41, 5.74) is 5.88. The second kappa shape index (κ2) is 5.22. The summed E-state index contributed by atoms with van der Waals surface area (Å²) in [4.78, 5) is 0. The maximum atomic E-state index is 2.28. The van der Waals surface area contributed by atoms with E-state index < -0.39 is 0 Å². The van der Waals surface area contributed by atoms with Crippen molar-refractivity contribution in [2.45, 2.75) is 25.7 Å². The van der Waals surface area contributed by atoms with E-state index in [0.717, 1.165) is 25.7 Å². The van der Waals surface area contributed by atoms with Gasteiger partial charge in [-0.25, -0.2) is 0 Å². The van der Waals surface area contributed by atoms with Gasteiger partial charge in [0.2, 0.25) is 0 Å². The van der Waals surface area contributed by atoms with Gasteiger partial charge in [-0.2, -0.15) is 0 Å². The first-order valence-electron chi connectivity index (χ1n) is 6.67. The molecule has 0 unspecified atom stereocenters. The highest BCUT2D eigenvalue weighted by atomic mass is 14.1. The Morgan fingerprint density at radius 1 is 0.667 bits per heavy atom. The van der Waals surface area contributed by atoms with E-state index in [1.165, 1.54) is 22.3 Å². The van der Waals surface area contributed by atoms with Crippen molar-refractivity contribution in [1.82, 2.24) is 0 Å². The van der Waals surface area contributed by atoms with Gasteiger partial charge in [-0.15, -0.1) is 0 Å². The van der Waals surface area contributed by atoms with Crippen molar-refractivity contribution in [1.29, 1.82) is 0 Å². The quantitative estimate of drug-likeness (QED) is 0.717. The van der Waals surface area contributed by atoms with Crippen molar-refractivity contribution in [3.63, 3.8) is 0 Å². The molecule has 1 aromatic carbocycles. The third-order valence-electron chi connectivity index (χ3n) is 3.58. The van der Waals surface area contributed by atoms with E-state index in [9.17, 15) is 0 Å². The summed E-state index contributed by atoms with van der Waals surface area (Å²) < 4.78 is 0. The third-order valence-corrected chi connectivity index (χ3v) is 3.58. The summed E-state index contributed by atoms with van der Waals surface area (Å²) >= 11 is 0. The van der Waals surface area contributed by atoms with Crippen LogP contribution in [0.2, 0.25) is 0 Å². The second-order valence-corrected chi connectivity index (χ2v) is 5.08. The average molecular weight is 234 g/mol. The highest BCUT2D eigenvalue weighted by Gasteiger charge is 2.03. The lowest BCUT2D eigenvalue weighted by atomic mass is 10.00. The van der Waals surface area contributed by atoms with E-state index in [1.807, 2.05) is 0 Å². The van der Waals surface area contributed by atoms with Gasteiger partial charge >= 0.3 is 0 Å². The molecule has 0 heterocycles. The molecule has 0 amide bonds. The smallest absolute Gasteiger partial charge is 0.00609 e. The highest BCUT2D eigenvalue weighted by molar-refractivity contribution is 5.34. The van der Waals surface area contributed by atoms with Crippen LogP contribution < -0.4 is 0 Å². The van der Waals surface area contributed by atoms with Crippen molar-refractivity contribution in [3.8, 4) is 0 Å². The Labute approximate surface area is 109 Å². The first-order valence-corrected chi connectivity index (χ1v) is 6.67. The highest BCUT2D eigenvalue weighted by Crippen LogP contribution is 2.19. The Morgan fingerprint density at radius 2 is 1.11 bits per heavy atom. The second-order valence-electron chi connectivity index (χ2n) is 5.08. The Morgan fingerprint density at radius 3 is 1.44 bits per heavy atom. The number of allylic oxidation sites excluding steroid dienone is 8. The van der Waals surface area contributed by atoms with Crippen molar-refractivity contribution in [2.75, 3.05) is 0 Å². The zero-order valence-electron chi connectivity index (χ0n) is 10.6. The van der Waals surface area contributed by atoms with E-state index in [1.54, 1.807) is 0 Å². The van der Waals surface area contributed by atoms with Crippen molar-refractivity contribution in [2.24, 2.45) is 0 Å². The van der Waals surface area contributed by atoms with Crippen LogP contribution in [-0.4, -0.2) is 0 Å². The van der Waals surface area contributed by atoms with Gasteiger partial charge in [-0.1, -0.05) is 71.9 Å². The zero-order chi connectivity index (χ0) is 12.2. The lowest BCUT2D eigenvalue weighted by Crippen LogP contribution is -1.91. The van der Waals surface area contributed by atoms with Gasteiger partial charge in [-0.3, -0.25) is 0 Å². The molecule has 0 spiro atoms. The molecule has 2 aliphatic rings. The minimum Gasteiger partial charge on any atom is -0.0804 e. The predicted octanol–water partition coefficient (Wildman–Crippen LogP) is 4.54. The first-order chi connectivity index (χ1) is 8.90. The maximum Gasteiger partial charge on any atom is -0.00609 e. The number of hydrogen-bond acceptors (Lipinski definition) is 0. The molecule has 0 radical (unpaired) electrons. The molecule has 0 saturated carbocycles. The maximum absolute atomic E-state index is 2.28. The molecule has 18 heavy (non-hydrogen) atoms. The summed E-state index contributed by atoms with van der Waals surface area (Å²) in [6, 6.07) is 9.10. The minimum absolute atomic E-state index is 1.09. The largest absolute Gasteiger partial charge is 0.0804 e. The molecular weight excluding hydrogens is 216 g/mol. The SMILES string of the molecule is C1=CCC(Cc2ccc(CC3=CC=CC3)cc2)=C1. The standard InChI is InChI=1S/C18H18/c1-2-6-15(5-1)13-17-9-11-18(12-10-17)14-16-7-3-4-8-16/h1-5,7,9-12H,6,8,13-14H2. The van der Waals surface area contributed by atoms with E-state index in [4.69, 9.17) is 0 Å². The molecule has 0 bridgehead atoms. The van der Waals surface area contributed by atoms with E-state index in [0.29, 0.717) is 0 Å². The number of rotatable bonds is 4. The van der Waals surface area contributed by atoms with E-state index >= 15 is 0 Å². The Bertz CT molecular complexity index is 485. The van der Waals surface area contributed by atoms with E-state index in [2.05, 4.69) is 60.7 Å². The van der Waals surface area contributed by atoms with Crippen LogP contribution in [0.5, 0.6) is 0 Å². The van der Waals surface area contributed by atoms with E-state index in [-0.39, 0.29) is 0 Å². The van der Waals surface area contributed by atoms with Gasteiger partial charge < -0.3 is 0 Å². The molecule has 2 aliphatic carbocycles. The molecule has 0 aliphatic heterocycles. The molecule has 90 valence electrons. The fraction of sp³-hybridized carbons (Fsp3) is 0.222. The molecular formula is C18H18. The topological polar surface area (TPSA) is 0 Å². The van der Waals surface area contributed by atoms with Gasteiger partial charge in [0.05, 0.1) is 0 Å². The molecule has 3 rings (SSSR count). The monoisotopic (exact) mass is 234 g/mol. The van der Waals surface area contributed by atoms with Crippen LogP contribution in [0.25, 0.3) is 0 Å². The van der Waals surface area contributed by atoms with Crippen LogP contribution >= 0.6 is 0 Å². The lowest BCUT2D eigenvalue weighted by Gasteiger charge is -2.06. The fourth-order valence-electron chi connectivity index (χ4n) is 2.54. The van der Waals surface area contributed by atoms with Gasteiger partial charge in [0.15, 0.2) is 0 Å². The van der Waals surface area contributed by atoms with Gasteiger partial charge in [-0.05, 0) is 36.8 Å². The normalized spacial score (nSPS) is 17.1. The first kappa shape index (κ1) is 11.3. The van der Waals surface area contributed by atoms with Gasteiger partial charge in [0.1, 0.15) is 0 Å². The summed E-state index contributed by atoms with van der Waals surface area (Å²) in [5.74, 6) is 0.